The highest BCUT2D eigenvalue weighted by molar-refractivity contribution is 7.99. The minimum absolute atomic E-state index is 0.620. The molecular weight excluding hydrogens is 316 g/mol. The topological polar surface area (TPSA) is 49.4 Å². The molecule has 6 heteroatoms. The van der Waals surface area contributed by atoms with E-state index in [-0.39, 0.29) is 0 Å². The smallest absolute Gasteiger partial charge is 0.229 e. The second-order valence-corrected chi connectivity index (χ2v) is 9.04. The highest BCUT2D eigenvalue weighted by atomic mass is 32.2. The van der Waals surface area contributed by atoms with Crippen molar-refractivity contribution in [1.82, 2.24) is 4.90 Å². The third-order valence-corrected chi connectivity index (χ3v) is 5.63. The molecule has 22 heavy (non-hydrogen) atoms. The second-order valence-electron chi connectivity index (χ2n) is 6.12. The van der Waals surface area contributed by atoms with Gasteiger partial charge in [0.25, 0.3) is 0 Å². The van der Waals surface area contributed by atoms with Crippen LogP contribution in [0.5, 0.6) is 0 Å². The van der Waals surface area contributed by atoms with Crippen LogP contribution in [0.15, 0.2) is 29.2 Å². The molecule has 1 aromatic rings. The summed E-state index contributed by atoms with van der Waals surface area (Å²) in [7, 11) is -3.19. The van der Waals surface area contributed by atoms with E-state index in [9.17, 15) is 8.42 Å². The average molecular weight is 343 g/mol. The lowest BCUT2D eigenvalue weighted by atomic mass is 9.99. The van der Waals surface area contributed by atoms with Crippen molar-refractivity contribution >= 4 is 27.5 Å². The Bertz CT molecular complexity index is 550. The molecule has 1 fully saturated rings. The number of thioether (sulfide) groups is 1. The van der Waals surface area contributed by atoms with E-state index in [2.05, 4.69) is 16.5 Å². The molecule has 1 aromatic carbocycles. The Morgan fingerprint density at radius 1 is 1.23 bits per heavy atom. The van der Waals surface area contributed by atoms with Gasteiger partial charge in [-0.25, -0.2) is 8.42 Å². The summed E-state index contributed by atoms with van der Waals surface area (Å²) in [5.41, 5.74) is 0.620. The van der Waals surface area contributed by atoms with Crippen molar-refractivity contribution < 1.29 is 8.42 Å². The fraction of sp³-hybridized carbons (Fsp3) is 0.625. The molecular formula is C16H26N2O2S2. The Labute approximate surface area is 138 Å². The number of likely N-dealkylation sites (tertiary alicyclic amines) is 1. The van der Waals surface area contributed by atoms with Gasteiger partial charge in [-0.3, -0.25) is 4.72 Å². The molecule has 1 N–H and O–H groups in total. The van der Waals surface area contributed by atoms with Crippen LogP contribution in [0.25, 0.3) is 0 Å². The Morgan fingerprint density at radius 3 is 2.45 bits per heavy atom. The molecule has 0 aromatic heterocycles. The lowest BCUT2D eigenvalue weighted by Gasteiger charge is -2.30. The number of sulfonamides is 1. The third-order valence-electron chi connectivity index (χ3n) is 3.92. The van der Waals surface area contributed by atoms with Gasteiger partial charge in [0.2, 0.25) is 10.0 Å². The number of rotatable bonds is 7. The van der Waals surface area contributed by atoms with Crippen molar-refractivity contribution in [2.75, 3.05) is 36.4 Å². The van der Waals surface area contributed by atoms with Gasteiger partial charge < -0.3 is 4.90 Å². The maximum Gasteiger partial charge on any atom is 0.229 e. The molecule has 1 saturated heterocycles. The summed E-state index contributed by atoms with van der Waals surface area (Å²) in [6.45, 7) is 6.03. The number of nitrogens with one attached hydrogen (secondary N) is 1. The van der Waals surface area contributed by atoms with Crippen LogP contribution in [-0.2, 0) is 10.0 Å². The van der Waals surface area contributed by atoms with Crippen LogP contribution in [-0.4, -0.2) is 45.0 Å². The Balaban J connectivity index is 1.67. The Hall–Kier alpha value is -0.720. The zero-order valence-corrected chi connectivity index (χ0v) is 15.0. The average Bonchev–Trinajstić information content (AvgIpc) is 2.45. The van der Waals surface area contributed by atoms with Gasteiger partial charge in [-0.2, -0.15) is 0 Å². The highest BCUT2D eigenvalue weighted by Crippen LogP contribution is 2.22. The SMILES string of the molecule is CC1CCN(CCCSc2ccc(NS(C)(=O)=O)cc2)CC1. The molecule has 2 rings (SSSR count). The summed E-state index contributed by atoms with van der Waals surface area (Å²) in [5, 5.41) is 0. The molecule has 1 heterocycles. The van der Waals surface area contributed by atoms with E-state index in [0.717, 1.165) is 17.9 Å². The lowest BCUT2D eigenvalue weighted by Crippen LogP contribution is -2.33. The van der Waals surface area contributed by atoms with E-state index >= 15 is 0 Å². The van der Waals surface area contributed by atoms with Crippen molar-refractivity contribution in [3.63, 3.8) is 0 Å². The molecule has 0 aliphatic carbocycles. The van der Waals surface area contributed by atoms with Crippen LogP contribution in [0.4, 0.5) is 5.69 Å². The predicted molar refractivity (Wildman–Crippen MR) is 95.1 cm³/mol. The molecule has 4 nitrogen and oxygen atoms in total. The largest absolute Gasteiger partial charge is 0.303 e. The number of anilines is 1. The molecule has 0 atom stereocenters. The van der Waals surface area contributed by atoms with Crippen LogP contribution < -0.4 is 4.72 Å². The number of hydrogen-bond acceptors (Lipinski definition) is 4. The third kappa shape index (κ3) is 6.58. The van der Waals surface area contributed by atoms with Gasteiger partial charge in [-0.05, 0) is 74.8 Å². The molecule has 1 aliphatic rings. The minimum atomic E-state index is -3.19. The van der Waals surface area contributed by atoms with Crippen LogP contribution in [0.2, 0.25) is 0 Å². The van der Waals surface area contributed by atoms with E-state index < -0.39 is 10.0 Å². The molecule has 1 aliphatic heterocycles. The first-order chi connectivity index (χ1) is 10.4. The molecule has 0 amide bonds. The summed E-state index contributed by atoms with van der Waals surface area (Å²) in [6.07, 6.45) is 5.03. The van der Waals surface area contributed by atoms with Crippen molar-refractivity contribution in [2.45, 2.75) is 31.1 Å². The van der Waals surface area contributed by atoms with E-state index in [1.165, 1.54) is 43.8 Å². The standard InChI is InChI=1S/C16H26N2O2S2/c1-14-8-11-18(12-9-14)10-3-13-21-16-6-4-15(5-7-16)17-22(2,19)20/h4-7,14,17H,3,8-13H2,1-2H3. The zero-order valence-electron chi connectivity index (χ0n) is 13.4. The Morgan fingerprint density at radius 2 is 1.86 bits per heavy atom. The molecule has 0 radical (unpaired) electrons. The Kier molecular flexibility index (Phi) is 6.59. The normalized spacial score (nSPS) is 17.5. The van der Waals surface area contributed by atoms with Gasteiger partial charge in [0, 0.05) is 10.6 Å². The van der Waals surface area contributed by atoms with Crippen molar-refractivity contribution in [1.29, 1.82) is 0 Å². The van der Waals surface area contributed by atoms with Crippen LogP contribution >= 0.6 is 11.8 Å². The highest BCUT2D eigenvalue weighted by Gasteiger charge is 2.14. The fourth-order valence-electron chi connectivity index (χ4n) is 2.60. The van der Waals surface area contributed by atoms with Crippen molar-refractivity contribution in [3.05, 3.63) is 24.3 Å². The summed E-state index contributed by atoms with van der Waals surface area (Å²) < 4.78 is 24.8. The quantitative estimate of drug-likeness (QED) is 0.610. The predicted octanol–water partition coefficient (Wildman–Crippen LogP) is 3.27. The van der Waals surface area contributed by atoms with Gasteiger partial charge in [-0.1, -0.05) is 6.92 Å². The number of nitrogens with zero attached hydrogens (tertiary/aromatic N) is 1. The van der Waals surface area contributed by atoms with Crippen LogP contribution in [0, 0.1) is 5.92 Å². The molecule has 0 unspecified atom stereocenters. The van der Waals surface area contributed by atoms with E-state index in [1.54, 1.807) is 0 Å². The molecule has 0 saturated carbocycles. The fourth-order valence-corrected chi connectivity index (χ4v) is 4.00. The number of benzene rings is 1. The molecule has 0 spiro atoms. The lowest BCUT2D eigenvalue weighted by molar-refractivity contribution is 0.193. The maximum atomic E-state index is 11.1. The van der Waals surface area contributed by atoms with Gasteiger partial charge in [-0.15, -0.1) is 11.8 Å². The summed E-state index contributed by atoms with van der Waals surface area (Å²) in [4.78, 5) is 3.76. The van der Waals surface area contributed by atoms with Gasteiger partial charge in [0.1, 0.15) is 0 Å². The first-order valence-corrected chi connectivity index (χ1v) is 10.7. The van der Waals surface area contributed by atoms with Crippen molar-refractivity contribution in [3.8, 4) is 0 Å². The van der Waals surface area contributed by atoms with Crippen LogP contribution in [0.1, 0.15) is 26.2 Å². The van der Waals surface area contributed by atoms with Gasteiger partial charge in [0.15, 0.2) is 0 Å². The minimum Gasteiger partial charge on any atom is -0.303 e. The monoisotopic (exact) mass is 342 g/mol. The van der Waals surface area contributed by atoms with Crippen molar-refractivity contribution in [2.24, 2.45) is 5.92 Å². The maximum absolute atomic E-state index is 11.1. The van der Waals surface area contributed by atoms with E-state index in [1.807, 2.05) is 36.0 Å². The van der Waals surface area contributed by atoms with Gasteiger partial charge in [0.05, 0.1) is 6.26 Å². The first-order valence-electron chi connectivity index (χ1n) is 7.85. The zero-order chi connectivity index (χ0) is 16.0. The summed E-state index contributed by atoms with van der Waals surface area (Å²) in [6, 6.07) is 7.58. The number of piperidine rings is 1. The molecule has 124 valence electrons. The van der Waals surface area contributed by atoms with Crippen LogP contribution in [0.3, 0.4) is 0 Å². The van der Waals surface area contributed by atoms with Gasteiger partial charge >= 0.3 is 0 Å². The number of hydrogen-bond donors (Lipinski definition) is 1. The summed E-state index contributed by atoms with van der Waals surface area (Å²) in [5.74, 6) is 2.00. The van der Waals surface area contributed by atoms with E-state index in [0.29, 0.717) is 5.69 Å². The second kappa shape index (κ2) is 8.22. The first kappa shape index (κ1) is 17.6. The summed E-state index contributed by atoms with van der Waals surface area (Å²) >= 11 is 1.83. The molecule has 0 bridgehead atoms. The van der Waals surface area contributed by atoms with E-state index in [4.69, 9.17) is 0 Å².